The van der Waals surface area contributed by atoms with Crippen molar-refractivity contribution >= 4 is 22.4 Å². The Bertz CT molecular complexity index is 1140. The fourth-order valence-corrected chi connectivity index (χ4v) is 3.31. The number of ether oxygens (including phenoxy) is 2. The second-order valence-electron chi connectivity index (χ2n) is 7.91. The minimum Gasteiger partial charge on any atom is -0.493 e. The summed E-state index contributed by atoms with van der Waals surface area (Å²) in [6, 6.07) is 8.19. The number of methoxy groups -OCH3 is 1. The highest BCUT2D eigenvalue weighted by Crippen LogP contribution is 2.36. The van der Waals surface area contributed by atoms with Gasteiger partial charge in [0.2, 0.25) is 0 Å². The number of terminal acetylenes is 2. The van der Waals surface area contributed by atoms with E-state index in [0.29, 0.717) is 35.1 Å². The van der Waals surface area contributed by atoms with Gasteiger partial charge in [0, 0.05) is 24.2 Å². The molecule has 3 aromatic rings. The average Bonchev–Trinajstić information content (AvgIpc) is 2.86. The van der Waals surface area contributed by atoms with E-state index in [-0.39, 0.29) is 11.0 Å². The predicted molar refractivity (Wildman–Crippen MR) is 136 cm³/mol. The predicted octanol–water partition coefficient (Wildman–Crippen LogP) is 5.57. The number of hydrogen-bond donors (Lipinski definition) is 2. The second-order valence-corrected chi connectivity index (χ2v) is 7.91. The van der Waals surface area contributed by atoms with Crippen LogP contribution >= 0.6 is 0 Å². The van der Waals surface area contributed by atoms with Crippen LogP contribution in [0.3, 0.4) is 0 Å². The summed E-state index contributed by atoms with van der Waals surface area (Å²) in [5, 5.41) is 11.0. The van der Waals surface area contributed by atoms with Gasteiger partial charge in [-0.2, -0.15) is 0 Å². The van der Waals surface area contributed by atoms with Crippen LogP contribution in [-0.4, -0.2) is 35.9 Å². The van der Waals surface area contributed by atoms with E-state index in [4.69, 9.17) is 21.0 Å². The van der Waals surface area contributed by atoms with Crippen LogP contribution in [-0.2, 0) is 0 Å². The molecule has 34 heavy (non-hydrogen) atoms. The van der Waals surface area contributed by atoms with E-state index < -0.39 is 5.82 Å². The van der Waals surface area contributed by atoms with Crippen molar-refractivity contribution in [2.45, 2.75) is 33.6 Å². The Kier molecular flexibility index (Phi) is 11.3. The molecule has 0 unspecified atom stereocenters. The average molecular weight is 466 g/mol. The molecule has 0 aliphatic rings. The Morgan fingerprint density at radius 2 is 1.82 bits per heavy atom. The van der Waals surface area contributed by atoms with Crippen molar-refractivity contribution in [1.82, 2.24) is 9.97 Å². The lowest BCUT2D eigenvalue weighted by Gasteiger charge is -2.24. The molecule has 1 aromatic heterocycles. The number of aliphatic hydroxyl groups excluding tert-OH is 1. The minimum absolute atomic E-state index is 0.0444. The Labute approximate surface area is 201 Å². The smallest absolute Gasteiger partial charge is 0.162 e. The van der Waals surface area contributed by atoms with Crippen molar-refractivity contribution in [2.24, 2.45) is 5.41 Å². The molecule has 3 rings (SSSR count). The molecule has 7 heteroatoms. The van der Waals surface area contributed by atoms with Crippen LogP contribution in [0.25, 0.3) is 10.9 Å². The van der Waals surface area contributed by atoms with Crippen molar-refractivity contribution in [3.8, 4) is 36.7 Å². The van der Waals surface area contributed by atoms with Gasteiger partial charge in [-0.3, -0.25) is 0 Å². The second kappa shape index (κ2) is 13.7. The monoisotopic (exact) mass is 465 g/mol. The van der Waals surface area contributed by atoms with Gasteiger partial charge in [0.05, 0.1) is 24.8 Å². The van der Waals surface area contributed by atoms with Crippen LogP contribution in [0.1, 0.15) is 39.2 Å². The number of nitrogens with zero attached hydrogens (tertiary/aromatic N) is 2. The molecular weight excluding hydrogens is 433 g/mol. The molecular formula is C27H32FN3O3. The number of aromatic nitrogens is 2. The summed E-state index contributed by atoms with van der Waals surface area (Å²) in [5.41, 5.74) is 1.56. The molecule has 0 aliphatic carbocycles. The number of nitrogens with one attached hydrogen (secondary N) is 1. The van der Waals surface area contributed by atoms with E-state index in [1.165, 1.54) is 12.4 Å². The molecule has 2 N–H and O–H groups in total. The van der Waals surface area contributed by atoms with Gasteiger partial charge >= 0.3 is 0 Å². The largest absolute Gasteiger partial charge is 0.493 e. The molecule has 0 fully saturated rings. The third kappa shape index (κ3) is 7.37. The molecule has 180 valence electrons. The summed E-state index contributed by atoms with van der Waals surface area (Å²) < 4.78 is 25.3. The number of halogens is 1. The van der Waals surface area contributed by atoms with Crippen molar-refractivity contribution in [1.29, 1.82) is 0 Å². The summed E-state index contributed by atoms with van der Waals surface area (Å²) in [7, 11) is 2.60. The van der Waals surface area contributed by atoms with Crippen LogP contribution in [0, 0.1) is 36.4 Å². The highest BCUT2D eigenvalue weighted by molar-refractivity contribution is 5.93. The molecule has 0 aliphatic heterocycles. The zero-order valence-corrected chi connectivity index (χ0v) is 20.4. The fourth-order valence-electron chi connectivity index (χ4n) is 3.31. The van der Waals surface area contributed by atoms with Gasteiger partial charge in [0.1, 0.15) is 18.0 Å². The Morgan fingerprint density at radius 3 is 2.44 bits per heavy atom. The molecule has 6 nitrogen and oxygen atoms in total. The van der Waals surface area contributed by atoms with Crippen LogP contribution < -0.4 is 14.8 Å². The molecule has 0 saturated heterocycles. The van der Waals surface area contributed by atoms with E-state index in [2.05, 4.69) is 54.8 Å². The molecule has 1 heterocycles. The summed E-state index contributed by atoms with van der Waals surface area (Å²) in [6.07, 6.45) is 17.0. The first-order valence-electron chi connectivity index (χ1n) is 10.6. The fraction of sp³-hybridized carbons (Fsp3) is 0.333. The highest BCUT2D eigenvalue weighted by atomic mass is 19.1. The SMILES string of the molecule is C#C.C#Cc1cc(Nc2ncnc3cc(OC)c(OCC(C)(C)CCC)cc23)ccc1F.CO. The molecule has 0 spiro atoms. The first-order chi connectivity index (χ1) is 16.4. The van der Waals surface area contributed by atoms with Crippen LogP contribution in [0.5, 0.6) is 11.5 Å². The Morgan fingerprint density at radius 1 is 1.12 bits per heavy atom. The minimum atomic E-state index is -0.439. The molecule has 0 bridgehead atoms. The van der Waals surface area contributed by atoms with Gasteiger partial charge in [-0.1, -0.05) is 33.1 Å². The number of benzene rings is 2. The zero-order valence-electron chi connectivity index (χ0n) is 20.4. The molecule has 0 amide bonds. The number of aliphatic hydroxyl groups is 1. The third-order valence-electron chi connectivity index (χ3n) is 4.85. The van der Waals surface area contributed by atoms with Gasteiger partial charge in [-0.25, -0.2) is 14.4 Å². The summed E-state index contributed by atoms with van der Waals surface area (Å²) in [4.78, 5) is 8.69. The number of anilines is 2. The van der Waals surface area contributed by atoms with Crippen molar-refractivity contribution in [2.75, 3.05) is 26.1 Å². The topological polar surface area (TPSA) is 76.5 Å². The molecule has 0 radical (unpaired) electrons. The maximum Gasteiger partial charge on any atom is 0.162 e. The molecule has 0 atom stereocenters. The van der Waals surface area contributed by atoms with Crippen molar-refractivity contribution in [3.63, 3.8) is 0 Å². The number of fused-ring (bicyclic) bond motifs is 1. The van der Waals surface area contributed by atoms with Gasteiger partial charge < -0.3 is 19.9 Å². The standard InChI is InChI=1S/C24H26FN3O2.C2H2.CH4O/c1-6-10-24(3,4)14-30-22-12-18-20(13-21(22)29-5)26-15-27-23(18)28-17-8-9-19(25)16(7-2)11-17;2*1-2/h2,8-9,11-13,15H,6,10,14H2,1,3-5H3,(H,26,27,28);1-2H;2H,1H3. The van der Waals surface area contributed by atoms with Crippen LogP contribution in [0.15, 0.2) is 36.7 Å². The molecule has 0 saturated carbocycles. The third-order valence-corrected chi connectivity index (χ3v) is 4.85. The lowest BCUT2D eigenvalue weighted by atomic mass is 9.89. The zero-order chi connectivity index (χ0) is 25.7. The normalized spacial score (nSPS) is 10.1. The van der Waals surface area contributed by atoms with E-state index in [1.54, 1.807) is 19.2 Å². The van der Waals surface area contributed by atoms with Gasteiger partial charge in [-0.05, 0) is 36.1 Å². The highest BCUT2D eigenvalue weighted by Gasteiger charge is 2.20. The van der Waals surface area contributed by atoms with E-state index >= 15 is 0 Å². The van der Waals surface area contributed by atoms with E-state index in [9.17, 15) is 4.39 Å². The maximum atomic E-state index is 13.7. The van der Waals surface area contributed by atoms with Gasteiger partial charge in [-0.15, -0.1) is 19.3 Å². The molecule has 2 aromatic carbocycles. The van der Waals surface area contributed by atoms with Gasteiger partial charge in [0.25, 0.3) is 0 Å². The van der Waals surface area contributed by atoms with E-state index in [1.807, 2.05) is 12.1 Å². The summed E-state index contributed by atoms with van der Waals surface area (Å²) >= 11 is 0. The first-order valence-corrected chi connectivity index (χ1v) is 10.6. The Hall–Kier alpha value is -3.81. The lowest BCUT2D eigenvalue weighted by molar-refractivity contribution is 0.164. The first kappa shape index (κ1) is 28.2. The van der Waals surface area contributed by atoms with Crippen LogP contribution in [0.2, 0.25) is 0 Å². The maximum absolute atomic E-state index is 13.7. The number of hydrogen-bond acceptors (Lipinski definition) is 6. The lowest BCUT2D eigenvalue weighted by Crippen LogP contribution is -2.21. The Balaban J connectivity index is 0.00000137. The summed E-state index contributed by atoms with van der Waals surface area (Å²) in [5.74, 6) is 3.69. The van der Waals surface area contributed by atoms with Gasteiger partial charge in [0.15, 0.2) is 11.5 Å². The number of rotatable bonds is 8. The summed E-state index contributed by atoms with van der Waals surface area (Å²) in [6.45, 7) is 7.08. The van der Waals surface area contributed by atoms with Crippen molar-refractivity contribution in [3.05, 3.63) is 48.0 Å². The van der Waals surface area contributed by atoms with E-state index in [0.717, 1.165) is 25.3 Å². The van der Waals surface area contributed by atoms with Crippen LogP contribution in [0.4, 0.5) is 15.9 Å². The van der Waals surface area contributed by atoms with Crippen molar-refractivity contribution < 1.29 is 19.0 Å². The quantitative estimate of drug-likeness (QED) is 0.424.